The fourth-order valence-electron chi connectivity index (χ4n) is 1.41. The lowest BCUT2D eigenvalue weighted by Gasteiger charge is -2.01. The lowest BCUT2D eigenvalue weighted by atomic mass is 10.1. The molecule has 0 fully saturated rings. The van der Waals surface area contributed by atoms with Crippen LogP contribution in [0.3, 0.4) is 0 Å². The number of hydrogen-bond donors (Lipinski definition) is 3. The lowest BCUT2D eigenvalue weighted by molar-refractivity contribution is -0.453. The van der Waals surface area contributed by atoms with Gasteiger partial charge < -0.3 is 5.73 Å². The van der Waals surface area contributed by atoms with Crippen LogP contribution in [0.25, 0.3) is 5.70 Å². The minimum Gasteiger partial charge on any atom is -0.398 e. The maximum absolute atomic E-state index is 6.02. The van der Waals surface area contributed by atoms with Crippen molar-refractivity contribution in [3.8, 4) is 0 Å². The van der Waals surface area contributed by atoms with E-state index in [0.29, 0.717) is 0 Å². The van der Waals surface area contributed by atoms with Gasteiger partial charge in [-0.05, 0) is 19.4 Å². The van der Waals surface area contributed by atoms with Crippen LogP contribution in [0.5, 0.6) is 0 Å². The Labute approximate surface area is 97.1 Å². The number of hydrogen-bond acceptors (Lipinski definition) is 1. The SMILES string of the molecule is CCNC(C=C(N)c1ccccc1)=[NH+]CC. The lowest BCUT2D eigenvalue weighted by Crippen LogP contribution is -2.75. The summed E-state index contributed by atoms with van der Waals surface area (Å²) in [7, 11) is 0. The van der Waals surface area contributed by atoms with Gasteiger partial charge in [-0.25, -0.2) is 0 Å². The van der Waals surface area contributed by atoms with Crippen molar-refractivity contribution in [3.05, 3.63) is 42.0 Å². The molecule has 16 heavy (non-hydrogen) atoms. The summed E-state index contributed by atoms with van der Waals surface area (Å²) in [6.07, 6.45) is 1.93. The average Bonchev–Trinajstić information content (AvgIpc) is 2.31. The van der Waals surface area contributed by atoms with Gasteiger partial charge in [-0.1, -0.05) is 30.3 Å². The molecule has 0 aliphatic rings. The van der Waals surface area contributed by atoms with Crippen LogP contribution in [0, 0.1) is 0 Å². The van der Waals surface area contributed by atoms with E-state index in [4.69, 9.17) is 5.73 Å². The fourth-order valence-corrected chi connectivity index (χ4v) is 1.41. The second kappa shape index (κ2) is 6.67. The van der Waals surface area contributed by atoms with E-state index in [2.05, 4.69) is 24.2 Å². The zero-order valence-corrected chi connectivity index (χ0v) is 9.96. The van der Waals surface area contributed by atoms with Crippen molar-refractivity contribution in [1.82, 2.24) is 5.32 Å². The average molecular weight is 218 g/mol. The molecule has 0 aliphatic heterocycles. The predicted molar refractivity (Wildman–Crippen MR) is 68.8 cm³/mol. The first-order valence-electron chi connectivity index (χ1n) is 5.65. The molecule has 0 saturated heterocycles. The van der Waals surface area contributed by atoms with Gasteiger partial charge in [-0.2, -0.15) is 0 Å². The second-order valence-corrected chi connectivity index (χ2v) is 3.44. The smallest absolute Gasteiger partial charge is 0.269 e. The Morgan fingerprint density at radius 2 is 2.00 bits per heavy atom. The van der Waals surface area contributed by atoms with Crippen LogP contribution in [0.4, 0.5) is 0 Å². The third kappa shape index (κ3) is 3.77. The molecule has 86 valence electrons. The van der Waals surface area contributed by atoms with Crippen molar-refractivity contribution < 1.29 is 4.99 Å². The highest BCUT2D eigenvalue weighted by atomic mass is 15.0. The molecular formula is C13H20N3+. The molecule has 1 aromatic carbocycles. The number of amidine groups is 1. The zero-order chi connectivity index (χ0) is 11.8. The molecule has 3 heteroatoms. The van der Waals surface area contributed by atoms with Crippen molar-refractivity contribution in [1.29, 1.82) is 0 Å². The molecule has 0 saturated carbocycles. The second-order valence-electron chi connectivity index (χ2n) is 3.44. The largest absolute Gasteiger partial charge is 0.398 e. The number of rotatable bonds is 4. The van der Waals surface area contributed by atoms with Gasteiger partial charge in [-0.3, -0.25) is 10.3 Å². The van der Waals surface area contributed by atoms with E-state index in [1.165, 1.54) is 0 Å². The van der Waals surface area contributed by atoms with Crippen LogP contribution in [-0.4, -0.2) is 18.9 Å². The first-order chi connectivity index (χ1) is 7.77. The molecule has 0 atom stereocenters. The molecule has 0 heterocycles. The number of nitrogens with two attached hydrogens (primary N) is 1. The Morgan fingerprint density at radius 1 is 1.31 bits per heavy atom. The van der Waals surface area contributed by atoms with Crippen molar-refractivity contribution in [2.45, 2.75) is 13.8 Å². The molecule has 1 rings (SSSR count). The van der Waals surface area contributed by atoms with Gasteiger partial charge in [0.25, 0.3) is 5.84 Å². The highest BCUT2D eigenvalue weighted by Gasteiger charge is 2.02. The molecule has 0 aliphatic carbocycles. The quantitative estimate of drug-likeness (QED) is 0.496. The van der Waals surface area contributed by atoms with E-state index in [1.807, 2.05) is 36.4 Å². The number of benzene rings is 1. The molecule has 0 unspecified atom stereocenters. The molecule has 0 bridgehead atoms. The Kier molecular flexibility index (Phi) is 5.12. The summed E-state index contributed by atoms with van der Waals surface area (Å²) in [5.74, 6) is 0.964. The van der Waals surface area contributed by atoms with E-state index in [-0.39, 0.29) is 0 Å². The van der Waals surface area contributed by atoms with Gasteiger partial charge in [0.15, 0.2) is 0 Å². The Balaban J connectivity index is 2.86. The van der Waals surface area contributed by atoms with Gasteiger partial charge in [-0.15, -0.1) is 0 Å². The molecule has 4 N–H and O–H groups in total. The Morgan fingerprint density at radius 3 is 2.56 bits per heavy atom. The van der Waals surface area contributed by atoms with Crippen LogP contribution in [-0.2, 0) is 0 Å². The minimum absolute atomic E-state index is 0.762. The van der Waals surface area contributed by atoms with Crippen molar-refractivity contribution in [2.75, 3.05) is 13.1 Å². The molecule has 3 nitrogen and oxygen atoms in total. The fraction of sp³-hybridized carbons (Fsp3) is 0.308. The summed E-state index contributed by atoms with van der Waals surface area (Å²) >= 11 is 0. The minimum atomic E-state index is 0.762. The van der Waals surface area contributed by atoms with Gasteiger partial charge in [0.1, 0.15) is 0 Å². The molecule has 1 aromatic rings. The van der Waals surface area contributed by atoms with E-state index in [1.54, 1.807) is 0 Å². The summed E-state index contributed by atoms with van der Waals surface area (Å²) in [5, 5.41) is 3.23. The van der Waals surface area contributed by atoms with Crippen LogP contribution in [0.15, 0.2) is 36.4 Å². The van der Waals surface area contributed by atoms with E-state index in [9.17, 15) is 0 Å². The number of likely N-dealkylation sites (N-methyl/N-ethyl adjacent to an activating group) is 1. The first-order valence-corrected chi connectivity index (χ1v) is 5.65. The molecular weight excluding hydrogens is 198 g/mol. The van der Waals surface area contributed by atoms with Crippen molar-refractivity contribution in [2.24, 2.45) is 5.73 Å². The maximum Gasteiger partial charge on any atom is 0.269 e. The topological polar surface area (TPSA) is 52.0 Å². The molecule has 0 spiro atoms. The van der Waals surface area contributed by atoms with Gasteiger partial charge >= 0.3 is 0 Å². The standard InChI is InChI=1S/C13H19N3/c1-3-15-13(16-4-2)10-12(14)11-8-6-5-7-9-11/h5-10H,3-4,14H2,1-2H3,(H,15,16)/p+1. The summed E-state index contributed by atoms with van der Waals surface area (Å²) in [5.41, 5.74) is 7.82. The van der Waals surface area contributed by atoms with Gasteiger partial charge in [0, 0.05) is 5.70 Å². The van der Waals surface area contributed by atoms with Crippen LogP contribution < -0.4 is 16.0 Å². The highest BCUT2D eigenvalue weighted by molar-refractivity contribution is 5.94. The highest BCUT2D eigenvalue weighted by Crippen LogP contribution is 2.06. The third-order valence-corrected chi connectivity index (χ3v) is 2.14. The summed E-state index contributed by atoms with van der Waals surface area (Å²) in [6.45, 7) is 5.87. The van der Waals surface area contributed by atoms with Crippen molar-refractivity contribution >= 4 is 11.5 Å². The van der Waals surface area contributed by atoms with E-state index >= 15 is 0 Å². The predicted octanol–water partition coefficient (Wildman–Crippen LogP) is 0.0947. The number of nitrogens with one attached hydrogen (secondary N) is 2. The van der Waals surface area contributed by atoms with Crippen LogP contribution in [0.2, 0.25) is 0 Å². The summed E-state index contributed by atoms with van der Waals surface area (Å²) in [6, 6.07) is 9.95. The Bertz CT molecular complexity index is 366. The normalized spacial score (nSPS) is 12.6. The Hall–Kier alpha value is -1.77. The van der Waals surface area contributed by atoms with Gasteiger partial charge in [0.2, 0.25) is 0 Å². The van der Waals surface area contributed by atoms with E-state index < -0.39 is 0 Å². The van der Waals surface area contributed by atoms with E-state index in [0.717, 1.165) is 30.2 Å². The van der Waals surface area contributed by atoms with Crippen molar-refractivity contribution in [3.63, 3.8) is 0 Å². The van der Waals surface area contributed by atoms with Crippen LogP contribution in [0.1, 0.15) is 19.4 Å². The van der Waals surface area contributed by atoms with Crippen LogP contribution >= 0.6 is 0 Å². The third-order valence-electron chi connectivity index (χ3n) is 2.14. The summed E-state index contributed by atoms with van der Waals surface area (Å²) in [4.78, 5) is 3.23. The van der Waals surface area contributed by atoms with Gasteiger partial charge in [0.05, 0.1) is 19.2 Å². The molecule has 0 amide bonds. The molecule has 0 aromatic heterocycles. The summed E-state index contributed by atoms with van der Waals surface area (Å²) < 4.78 is 0. The first kappa shape index (κ1) is 12.3. The zero-order valence-electron chi connectivity index (χ0n) is 9.96. The monoisotopic (exact) mass is 218 g/mol. The molecule has 0 radical (unpaired) electrons. The maximum atomic E-state index is 6.02.